The average Bonchev–Trinajstić information content (AvgIpc) is 3.18. The summed E-state index contributed by atoms with van der Waals surface area (Å²) in [5.41, 5.74) is 3.67. The van der Waals surface area contributed by atoms with Crippen molar-refractivity contribution in [2.45, 2.75) is 141 Å². The maximum Gasteiger partial charge on any atom is 0.475 e. The number of carbonyl (C=O) groups excluding carboxylic acids is 2. The number of nitrogens with zero attached hydrogens (tertiary/aromatic N) is 1. The van der Waals surface area contributed by atoms with Crippen LogP contribution in [0.4, 0.5) is 0 Å². The summed E-state index contributed by atoms with van der Waals surface area (Å²) in [6, 6.07) is -0.599. The molecule has 0 radical (unpaired) electrons. The third-order valence-electron chi connectivity index (χ3n) is 11.0. The first kappa shape index (κ1) is 32.3. The van der Waals surface area contributed by atoms with Gasteiger partial charge in [-0.1, -0.05) is 66.7 Å². The fraction of sp³-hybridized carbons (Fsp3) is 0.931. The minimum Gasteiger partial charge on any atom is -0.426 e. The van der Waals surface area contributed by atoms with E-state index in [9.17, 15) is 29.9 Å². The molecule has 10 heteroatoms. The van der Waals surface area contributed by atoms with E-state index in [-0.39, 0.29) is 23.1 Å². The highest BCUT2D eigenvalue weighted by Gasteiger charge is 2.69. The molecule has 4 saturated carbocycles. The second-order valence-corrected chi connectivity index (χ2v) is 13.9. The molecule has 5 fully saturated rings. The lowest BCUT2D eigenvalue weighted by Crippen LogP contribution is -2.74. The smallest absolute Gasteiger partial charge is 0.426 e. The molecule has 4 aliphatic carbocycles. The summed E-state index contributed by atoms with van der Waals surface area (Å²) in [4.78, 5) is 27.7. The summed E-state index contributed by atoms with van der Waals surface area (Å²) in [7, 11) is -1.62. The van der Waals surface area contributed by atoms with Gasteiger partial charge in [-0.05, 0) is 68.6 Å². The van der Waals surface area contributed by atoms with Crippen LogP contribution in [0.2, 0.25) is 0 Å². The number of fused-ring (bicyclic) bond motifs is 2. The number of hydrogen-bond donors (Lipinski definition) is 6. The maximum atomic E-state index is 13.1. The Morgan fingerprint density at radius 1 is 1.10 bits per heavy atom. The number of carbonyl (C=O) groups is 2. The van der Waals surface area contributed by atoms with Crippen LogP contribution in [0.5, 0.6) is 0 Å². The first-order valence-electron chi connectivity index (χ1n) is 15.2. The minimum atomic E-state index is -1.62. The number of aliphatic hydroxyl groups is 2. The molecule has 224 valence electrons. The zero-order valence-electron chi connectivity index (χ0n) is 25.1. The first-order valence-corrected chi connectivity index (χ1v) is 15.2. The molecule has 5 aliphatic rings. The third-order valence-corrected chi connectivity index (χ3v) is 11.0. The third kappa shape index (κ3) is 6.06. The van der Waals surface area contributed by atoms with E-state index in [0.717, 1.165) is 44.9 Å². The van der Waals surface area contributed by atoms with Crippen LogP contribution < -0.4 is 11.1 Å². The van der Waals surface area contributed by atoms with Crippen LogP contribution in [0, 0.1) is 23.2 Å². The molecule has 1 aliphatic heterocycles. The molecular formula is C29H54BN3O6. The normalized spacial score (nSPS) is 35.5. The number of amides is 2. The van der Waals surface area contributed by atoms with E-state index in [4.69, 9.17) is 5.73 Å². The molecule has 0 aromatic heterocycles. The molecule has 39 heavy (non-hydrogen) atoms. The molecule has 7 N–H and O–H groups in total. The number of nitrogens with one attached hydrogen (secondary N) is 1. The highest BCUT2D eigenvalue weighted by Crippen LogP contribution is 2.65. The number of rotatable bonds is 8. The lowest BCUT2D eigenvalue weighted by atomic mass is 9.41. The summed E-state index contributed by atoms with van der Waals surface area (Å²) in [5.74, 6) is -0.184. The molecule has 2 amide bonds. The fourth-order valence-corrected chi connectivity index (χ4v) is 7.52. The van der Waals surface area contributed by atoms with E-state index in [1.807, 2.05) is 13.8 Å². The van der Waals surface area contributed by atoms with Crippen LogP contribution in [0.25, 0.3) is 0 Å². The van der Waals surface area contributed by atoms with Crippen molar-refractivity contribution in [2.24, 2.45) is 28.9 Å². The van der Waals surface area contributed by atoms with Crippen LogP contribution >= 0.6 is 0 Å². The quantitative estimate of drug-likeness (QED) is 0.252. The lowest BCUT2D eigenvalue weighted by molar-refractivity contribution is -0.312. The van der Waals surface area contributed by atoms with E-state index >= 15 is 0 Å². The lowest BCUT2D eigenvalue weighted by Gasteiger charge is -2.68. The predicted octanol–water partition coefficient (Wildman–Crippen LogP) is 2.13. The molecule has 0 aromatic rings. The van der Waals surface area contributed by atoms with Gasteiger partial charge in [0.25, 0.3) is 0 Å². The Bertz CT molecular complexity index is 867. The van der Waals surface area contributed by atoms with E-state index in [0.29, 0.717) is 37.6 Å². The molecule has 1 saturated heterocycles. The monoisotopic (exact) mass is 551 g/mol. The Labute approximate surface area is 235 Å². The van der Waals surface area contributed by atoms with Gasteiger partial charge in [-0.15, -0.1) is 0 Å². The van der Waals surface area contributed by atoms with Gasteiger partial charge in [0.15, 0.2) is 0 Å². The molecule has 0 spiro atoms. The summed E-state index contributed by atoms with van der Waals surface area (Å²) in [5, 5.41) is 42.0. The summed E-state index contributed by atoms with van der Waals surface area (Å²) < 4.78 is 0. The summed E-state index contributed by atoms with van der Waals surface area (Å²) >= 11 is 0. The van der Waals surface area contributed by atoms with E-state index in [1.165, 1.54) is 6.42 Å². The SMILES string of the molecule is CC1(O)CCC2CC1(O)C2(C)C.CC[C@H](NC(=O)[C@H](CC1CCCCC1)N1CCC(N)(C(C)C)C1=O)B(O)O. The number of likely N-dealkylation sites (tertiary alicyclic amines) is 1. The van der Waals surface area contributed by atoms with Gasteiger partial charge < -0.3 is 36.2 Å². The average molecular weight is 552 g/mol. The predicted molar refractivity (Wildman–Crippen MR) is 152 cm³/mol. The zero-order chi connectivity index (χ0) is 29.4. The van der Waals surface area contributed by atoms with Crippen LogP contribution in [-0.4, -0.2) is 79.4 Å². The van der Waals surface area contributed by atoms with Crippen LogP contribution in [-0.2, 0) is 9.59 Å². The highest BCUT2D eigenvalue weighted by molar-refractivity contribution is 6.43. The molecule has 0 aromatic carbocycles. The van der Waals surface area contributed by atoms with Gasteiger partial charge in [0.2, 0.25) is 11.8 Å². The molecule has 9 nitrogen and oxygen atoms in total. The topological polar surface area (TPSA) is 156 Å². The van der Waals surface area contributed by atoms with Crippen molar-refractivity contribution in [1.29, 1.82) is 0 Å². The Kier molecular flexibility index (Phi) is 9.91. The Balaban J connectivity index is 0.000000289. The second-order valence-electron chi connectivity index (χ2n) is 13.9. The molecule has 1 heterocycles. The largest absolute Gasteiger partial charge is 0.475 e. The molecule has 5 rings (SSSR count). The minimum absolute atomic E-state index is 0.00366. The highest BCUT2D eigenvalue weighted by atomic mass is 16.4. The van der Waals surface area contributed by atoms with Crippen molar-refractivity contribution in [1.82, 2.24) is 10.2 Å². The summed E-state index contributed by atoms with van der Waals surface area (Å²) in [6.07, 6.45) is 9.84. The van der Waals surface area contributed by atoms with Crippen molar-refractivity contribution in [3.05, 3.63) is 0 Å². The summed E-state index contributed by atoms with van der Waals surface area (Å²) in [6.45, 7) is 12.0. The van der Waals surface area contributed by atoms with Crippen molar-refractivity contribution in [3.8, 4) is 0 Å². The van der Waals surface area contributed by atoms with Gasteiger partial charge in [0.05, 0.1) is 22.7 Å². The van der Waals surface area contributed by atoms with Gasteiger partial charge in [-0.2, -0.15) is 0 Å². The molecular weight excluding hydrogens is 497 g/mol. The van der Waals surface area contributed by atoms with Crippen molar-refractivity contribution < 1.29 is 29.9 Å². The first-order chi connectivity index (χ1) is 18.0. The van der Waals surface area contributed by atoms with Crippen molar-refractivity contribution in [2.75, 3.05) is 6.54 Å². The Hall–Kier alpha value is -1.20. The van der Waals surface area contributed by atoms with Crippen molar-refractivity contribution in [3.63, 3.8) is 0 Å². The maximum absolute atomic E-state index is 13.1. The standard InChI is InChI=1S/C19H36BN3O4.C10H18O2/c1-4-16(20(26)27)22-17(24)15(12-14-8-6-5-7-9-14)23-11-10-19(21,13(2)3)18(23)25;1-8(2)7-4-5-9(3,11)10(8,12)6-7/h13-16,26-27H,4-12,21H2,1-3H3,(H,22,24);7,11-12H,4-6H2,1-3H3/t15-,16-,19?;/m0./s1. The van der Waals surface area contributed by atoms with Crippen LogP contribution in [0.3, 0.4) is 0 Å². The Morgan fingerprint density at radius 2 is 1.72 bits per heavy atom. The Morgan fingerprint density at radius 3 is 2.15 bits per heavy atom. The number of nitrogens with two attached hydrogens (primary N) is 1. The van der Waals surface area contributed by atoms with Gasteiger partial charge >= 0.3 is 7.12 Å². The van der Waals surface area contributed by atoms with Gasteiger partial charge in [0.1, 0.15) is 6.04 Å². The molecule has 6 atom stereocenters. The fourth-order valence-electron chi connectivity index (χ4n) is 7.52. The van der Waals surface area contributed by atoms with E-state index in [1.54, 1.807) is 18.7 Å². The molecule has 2 bridgehead atoms. The van der Waals surface area contributed by atoms with Gasteiger partial charge in [-0.25, -0.2) is 0 Å². The van der Waals surface area contributed by atoms with E-state index < -0.39 is 35.8 Å². The van der Waals surface area contributed by atoms with Crippen molar-refractivity contribution >= 4 is 18.9 Å². The second kappa shape index (κ2) is 12.0. The number of hydrogen-bond acceptors (Lipinski definition) is 7. The van der Waals surface area contributed by atoms with E-state index in [2.05, 4.69) is 19.2 Å². The van der Waals surface area contributed by atoms with Gasteiger partial charge in [-0.3, -0.25) is 9.59 Å². The molecule has 4 unspecified atom stereocenters. The zero-order valence-corrected chi connectivity index (χ0v) is 25.1. The van der Waals surface area contributed by atoms with Gasteiger partial charge in [0, 0.05) is 6.54 Å². The van der Waals surface area contributed by atoms with Crippen LogP contribution in [0.15, 0.2) is 0 Å². The van der Waals surface area contributed by atoms with Crippen LogP contribution in [0.1, 0.15) is 112 Å².